The van der Waals surface area contributed by atoms with Crippen molar-refractivity contribution in [3.05, 3.63) is 33.1 Å². The van der Waals surface area contributed by atoms with Gasteiger partial charge in [-0.2, -0.15) is 0 Å². The summed E-state index contributed by atoms with van der Waals surface area (Å²) in [5.74, 6) is -0.552. The lowest BCUT2D eigenvalue weighted by molar-refractivity contribution is 0.0952. The van der Waals surface area contributed by atoms with Crippen molar-refractivity contribution < 1.29 is 9.18 Å². The minimum absolute atomic E-state index is 0.0536. The maximum Gasteiger partial charge on any atom is 0.252 e. The fourth-order valence-corrected chi connectivity index (χ4v) is 2.41. The van der Waals surface area contributed by atoms with Crippen LogP contribution in [-0.2, 0) is 0 Å². The van der Waals surface area contributed by atoms with Gasteiger partial charge in [-0.15, -0.1) is 11.6 Å². The van der Waals surface area contributed by atoms with Gasteiger partial charge in [-0.25, -0.2) is 4.39 Å². The average Bonchev–Trinajstić information content (AvgIpc) is 2.26. The quantitative estimate of drug-likeness (QED) is 0.624. The van der Waals surface area contributed by atoms with Crippen LogP contribution in [0, 0.1) is 9.39 Å². The molecule has 0 aliphatic rings. The maximum atomic E-state index is 12.9. The van der Waals surface area contributed by atoms with Gasteiger partial charge in [-0.3, -0.25) is 4.79 Å². The summed E-state index contributed by atoms with van der Waals surface area (Å²) in [4.78, 5) is 11.8. The van der Waals surface area contributed by atoms with Crippen LogP contribution in [-0.4, -0.2) is 17.8 Å². The highest BCUT2D eigenvalue weighted by atomic mass is 127. The molecule has 0 fully saturated rings. The van der Waals surface area contributed by atoms with Gasteiger partial charge >= 0.3 is 0 Å². The summed E-state index contributed by atoms with van der Waals surface area (Å²) in [6.45, 7) is 2.47. The molecular formula is C12H14ClFINO. The molecule has 0 aliphatic heterocycles. The van der Waals surface area contributed by atoms with Crippen molar-refractivity contribution in [2.24, 2.45) is 0 Å². The Labute approximate surface area is 119 Å². The fraction of sp³-hybridized carbons (Fsp3) is 0.417. The van der Waals surface area contributed by atoms with Gasteiger partial charge in [-0.05, 0) is 47.2 Å². The molecule has 94 valence electrons. The number of nitrogens with one attached hydrogen (secondary N) is 1. The molecule has 0 radical (unpaired) electrons. The number of hydrogen-bond donors (Lipinski definition) is 1. The van der Waals surface area contributed by atoms with E-state index >= 15 is 0 Å². The summed E-state index contributed by atoms with van der Waals surface area (Å²) in [5.41, 5.74) is 0.479. The number of carbonyl (C=O) groups is 1. The highest BCUT2D eigenvalue weighted by Gasteiger charge is 2.12. The second-order valence-electron chi connectivity index (χ2n) is 3.72. The molecule has 0 heterocycles. The van der Waals surface area contributed by atoms with Crippen molar-refractivity contribution >= 4 is 40.1 Å². The molecule has 0 bridgehead atoms. The zero-order valence-electron chi connectivity index (χ0n) is 9.47. The molecule has 1 N–H and O–H groups in total. The van der Waals surface area contributed by atoms with E-state index in [2.05, 4.69) is 5.32 Å². The van der Waals surface area contributed by atoms with E-state index in [1.54, 1.807) is 0 Å². The van der Waals surface area contributed by atoms with Gasteiger partial charge in [0.1, 0.15) is 5.82 Å². The van der Waals surface area contributed by atoms with E-state index in [-0.39, 0.29) is 17.1 Å². The summed E-state index contributed by atoms with van der Waals surface area (Å²) < 4.78 is 13.5. The SMILES string of the molecule is CCCC(Cl)CNC(=O)c1ccc(F)cc1I. The predicted molar refractivity (Wildman–Crippen MR) is 76.0 cm³/mol. The first kappa shape index (κ1) is 14.7. The largest absolute Gasteiger partial charge is 0.351 e. The van der Waals surface area contributed by atoms with E-state index in [1.807, 2.05) is 29.5 Å². The van der Waals surface area contributed by atoms with Crippen molar-refractivity contribution in [1.29, 1.82) is 0 Å². The molecule has 17 heavy (non-hydrogen) atoms. The maximum absolute atomic E-state index is 12.9. The summed E-state index contributed by atoms with van der Waals surface area (Å²) in [6, 6.07) is 4.09. The number of amides is 1. The Hall–Kier alpha value is -0.360. The van der Waals surface area contributed by atoms with E-state index in [4.69, 9.17) is 11.6 Å². The topological polar surface area (TPSA) is 29.1 Å². The van der Waals surface area contributed by atoms with Gasteiger partial charge in [0.05, 0.1) is 10.9 Å². The average molecular weight is 370 g/mol. The molecule has 1 amide bonds. The summed E-state index contributed by atoms with van der Waals surface area (Å²) in [7, 11) is 0. The van der Waals surface area contributed by atoms with Crippen LogP contribution < -0.4 is 5.32 Å². The zero-order valence-corrected chi connectivity index (χ0v) is 12.4. The normalized spacial score (nSPS) is 12.2. The molecule has 0 saturated heterocycles. The Kier molecular flexibility index (Phi) is 6.19. The van der Waals surface area contributed by atoms with E-state index in [1.165, 1.54) is 18.2 Å². The van der Waals surface area contributed by atoms with Crippen LogP contribution in [0.25, 0.3) is 0 Å². The van der Waals surface area contributed by atoms with Gasteiger partial charge in [0.2, 0.25) is 0 Å². The van der Waals surface area contributed by atoms with E-state index in [9.17, 15) is 9.18 Å². The van der Waals surface area contributed by atoms with Crippen molar-refractivity contribution in [3.8, 4) is 0 Å². The molecule has 1 unspecified atom stereocenters. The van der Waals surface area contributed by atoms with Crippen molar-refractivity contribution in [2.75, 3.05) is 6.54 Å². The minimum Gasteiger partial charge on any atom is -0.351 e. The van der Waals surface area contributed by atoms with Gasteiger partial charge in [0.25, 0.3) is 5.91 Å². The Bertz CT molecular complexity index is 400. The number of alkyl halides is 1. The molecule has 1 rings (SSSR count). The molecule has 1 aromatic carbocycles. The van der Waals surface area contributed by atoms with Crippen molar-refractivity contribution in [3.63, 3.8) is 0 Å². The minimum atomic E-state index is -0.341. The molecule has 1 atom stereocenters. The Morgan fingerprint density at radius 2 is 2.29 bits per heavy atom. The smallest absolute Gasteiger partial charge is 0.252 e. The zero-order chi connectivity index (χ0) is 12.8. The van der Waals surface area contributed by atoms with Crippen LogP contribution in [0.5, 0.6) is 0 Å². The second-order valence-corrected chi connectivity index (χ2v) is 5.50. The Morgan fingerprint density at radius 1 is 1.59 bits per heavy atom. The van der Waals surface area contributed by atoms with E-state index in [0.29, 0.717) is 15.7 Å². The second kappa shape index (κ2) is 7.16. The number of hydrogen-bond acceptors (Lipinski definition) is 1. The lowest BCUT2D eigenvalue weighted by atomic mass is 10.2. The van der Waals surface area contributed by atoms with E-state index < -0.39 is 0 Å². The lowest BCUT2D eigenvalue weighted by Gasteiger charge is -2.10. The molecule has 0 saturated carbocycles. The van der Waals surface area contributed by atoms with Crippen molar-refractivity contribution in [2.45, 2.75) is 25.1 Å². The molecule has 5 heteroatoms. The van der Waals surface area contributed by atoms with Crippen LogP contribution in [0.15, 0.2) is 18.2 Å². The third-order valence-electron chi connectivity index (χ3n) is 2.26. The van der Waals surface area contributed by atoms with Crippen LogP contribution in [0.1, 0.15) is 30.1 Å². The number of halogens is 3. The molecule has 1 aromatic rings. The molecular weight excluding hydrogens is 355 g/mol. The van der Waals surface area contributed by atoms with E-state index in [0.717, 1.165) is 12.8 Å². The number of carbonyl (C=O) groups excluding carboxylic acids is 1. The highest BCUT2D eigenvalue weighted by Crippen LogP contribution is 2.14. The first-order chi connectivity index (χ1) is 8.04. The first-order valence-electron chi connectivity index (χ1n) is 5.42. The van der Waals surface area contributed by atoms with Crippen LogP contribution >= 0.6 is 34.2 Å². The molecule has 2 nitrogen and oxygen atoms in total. The Morgan fingerprint density at radius 3 is 2.88 bits per heavy atom. The monoisotopic (exact) mass is 369 g/mol. The van der Waals surface area contributed by atoms with Crippen LogP contribution in [0.2, 0.25) is 0 Å². The van der Waals surface area contributed by atoms with Gasteiger partial charge in [-0.1, -0.05) is 13.3 Å². The Balaban J connectivity index is 2.58. The van der Waals surface area contributed by atoms with Crippen molar-refractivity contribution in [1.82, 2.24) is 5.32 Å². The first-order valence-corrected chi connectivity index (χ1v) is 6.93. The summed E-state index contributed by atoms with van der Waals surface area (Å²) in [6.07, 6.45) is 1.85. The van der Waals surface area contributed by atoms with Crippen LogP contribution in [0.3, 0.4) is 0 Å². The third-order valence-corrected chi connectivity index (χ3v) is 3.53. The molecule has 0 spiro atoms. The standard InChI is InChI=1S/C12H14ClFINO/c1-2-3-8(13)7-16-12(17)10-5-4-9(14)6-11(10)15/h4-6,8H,2-3,7H2,1H3,(H,16,17). The number of benzene rings is 1. The highest BCUT2D eigenvalue weighted by molar-refractivity contribution is 14.1. The predicted octanol–water partition coefficient (Wildman–Crippen LogP) is 3.57. The fourth-order valence-electron chi connectivity index (χ4n) is 1.39. The van der Waals surface area contributed by atoms with Gasteiger partial charge in [0, 0.05) is 10.1 Å². The summed E-state index contributed by atoms with van der Waals surface area (Å²) >= 11 is 7.94. The molecule has 0 aromatic heterocycles. The lowest BCUT2D eigenvalue weighted by Crippen LogP contribution is -2.30. The number of rotatable bonds is 5. The van der Waals surface area contributed by atoms with Gasteiger partial charge < -0.3 is 5.32 Å². The summed E-state index contributed by atoms with van der Waals surface area (Å²) in [5, 5.41) is 2.69. The molecule has 0 aliphatic carbocycles. The third kappa shape index (κ3) is 4.79. The van der Waals surface area contributed by atoms with Crippen LogP contribution in [0.4, 0.5) is 4.39 Å². The van der Waals surface area contributed by atoms with Gasteiger partial charge in [0.15, 0.2) is 0 Å².